The van der Waals surface area contributed by atoms with Crippen LogP contribution >= 0.6 is 0 Å². The van der Waals surface area contributed by atoms with E-state index in [-0.39, 0.29) is 17.8 Å². The van der Waals surface area contributed by atoms with E-state index in [2.05, 4.69) is 25.9 Å². The lowest BCUT2D eigenvalue weighted by molar-refractivity contribution is 0.468. The number of aromatic hydroxyl groups is 1. The molecule has 2 unspecified atom stereocenters. The van der Waals surface area contributed by atoms with Crippen LogP contribution in [0, 0.1) is 0 Å². The van der Waals surface area contributed by atoms with Crippen LogP contribution in [-0.4, -0.2) is 25.7 Å². The van der Waals surface area contributed by atoms with Crippen molar-refractivity contribution in [3.8, 4) is 5.75 Å². The van der Waals surface area contributed by atoms with Crippen molar-refractivity contribution in [2.75, 3.05) is 0 Å². The average Bonchev–Trinajstić information content (AvgIpc) is 2.83. The third-order valence-electron chi connectivity index (χ3n) is 2.64. The summed E-state index contributed by atoms with van der Waals surface area (Å²) in [6.45, 7) is 4.02. The summed E-state index contributed by atoms with van der Waals surface area (Å²) in [5.74, 6) is 0.905. The van der Waals surface area contributed by atoms with Gasteiger partial charge in [0.2, 0.25) is 0 Å². The summed E-state index contributed by atoms with van der Waals surface area (Å²) in [6.07, 6.45) is 0. The second-order valence-corrected chi connectivity index (χ2v) is 3.97. The summed E-state index contributed by atoms with van der Waals surface area (Å²) in [6, 6.07) is 7.27. The first-order chi connectivity index (χ1) is 8.16. The fraction of sp³-hybridized carbons (Fsp3) is 0.364. The Bertz CT molecular complexity index is 453. The Kier molecular flexibility index (Phi) is 3.34. The first-order valence-electron chi connectivity index (χ1n) is 5.45. The van der Waals surface area contributed by atoms with Crippen molar-refractivity contribution in [3.63, 3.8) is 0 Å². The molecule has 2 aromatic rings. The summed E-state index contributed by atoms with van der Waals surface area (Å²) in [5, 5.41) is 26.4. The molecule has 1 heterocycles. The molecule has 0 spiro atoms. The van der Waals surface area contributed by atoms with Crippen LogP contribution in [0.4, 0.5) is 0 Å². The molecular weight excluding hydrogens is 218 g/mol. The fourth-order valence-electron chi connectivity index (χ4n) is 1.66. The number of tetrazole rings is 1. The van der Waals surface area contributed by atoms with Crippen LogP contribution in [0.2, 0.25) is 0 Å². The highest BCUT2D eigenvalue weighted by molar-refractivity contribution is 5.27. The van der Waals surface area contributed by atoms with Crippen molar-refractivity contribution in [2.45, 2.75) is 25.9 Å². The predicted molar refractivity (Wildman–Crippen MR) is 62.3 cm³/mol. The number of aromatic nitrogens is 4. The number of hydrogen-bond acceptors (Lipinski definition) is 5. The van der Waals surface area contributed by atoms with Gasteiger partial charge in [-0.25, -0.2) is 0 Å². The number of phenols is 1. The third-order valence-corrected chi connectivity index (χ3v) is 2.64. The molecule has 1 aromatic carbocycles. The van der Waals surface area contributed by atoms with Gasteiger partial charge in [0.05, 0.1) is 6.04 Å². The minimum Gasteiger partial charge on any atom is -0.508 e. The van der Waals surface area contributed by atoms with Gasteiger partial charge in [0.15, 0.2) is 5.82 Å². The molecule has 0 aliphatic heterocycles. The lowest BCUT2D eigenvalue weighted by Gasteiger charge is -2.17. The molecule has 0 aliphatic rings. The van der Waals surface area contributed by atoms with Crippen LogP contribution in [0.15, 0.2) is 24.3 Å². The van der Waals surface area contributed by atoms with E-state index >= 15 is 0 Å². The number of H-pyrrole nitrogens is 1. The quantitative estimate of drug-likeness (QED) is 0.741. The lowest BCUT2D eigenvalue weighted by Crippen LogP contribution is -2.23. The van der Waals surface area contributed by atoms with E-state index in [0.29, 0.717) is 5.82 Å². The normalized spacial score (nSPS) is 14.5. The first kappa shape index (κ1) is 11.5. The fourth-order valence-corrected chi connectivity index (χ4v) is 1.66. The standard InChI is InChI=1S/C11H15N5O/c1-7(9-3-5-10(17)6-4-9)12-8(2)11-13-15-16-14-11/h3-8,12,17H,1-2H3,(H,13,14,15,16). The van der Waals surface area contributed by atoms with E-state index in [4.69, 9.17) is 0 Å². The summed E-state index contributed by atoms with van der Waals surface area (Å²) in [4.78, 5) is 0. The molecule has 0 amide bonds. The number of aromatic amines is 1. The number of nitrogens with zero attached hydrogens (tertiary/aromatic N) is 3. The molecule has 0 radical (unpaired) electrons. The zero-order valence-electron chi connectivity index (χ0n) is 9.75. The van der Waals surface area contributed by atoms with Crippen molar-refractivity contribution in [2.24, 2.45) is 0 Å². The van der Waals surface area contributed by atoms with Gasteiger partial charge in [-0.15, -0.1) is 10.2 Å². The summed E-state index contributed by atoms with van der Waals surface area (Å²) in [5.41, 5.74) is 1.10. The summed E-state index contributed by atoms with van der Waals surface area (Å²) >= 11 is 0. The van der Waals surface area contributed by atoms with Gasteiger partial charge >= 0.3 is 0 Å². The largest absolute Gasteiger partial charge is 0.508 e. The Hall–Kier alpha value is -1.95. The molecule has 1 aromatic heterocycles. The second-order valence-electron chi connectivity index (χ2n) is 3.97. The predicted octanol–water partition coefficient (Wildman–Crippen LogP) is 1.32. The summed E-state index contributed by atoms with van der Waals surface area (Å²) < 4.78 is 0. The van der Waals surface area contributed by atoms with Crippen LogP contribution in [0.3, 0.4) is 0 Å². The molecule has 0 bridgehead atoms. The van der Waals surface area contributed by atoms with Crippen molar-refractivity contribution in [1.29, 1.82) is 0 Å². The van der Waals surface area contributed by atoms with Crippen LogP contribution in [0.25, 0.3) is 0 Å². The van der Waals surface area contributed by atoms with Gasteiger partial charge in [-0.05, 0) is 31.5 Å². The number of nitrogens with one attached hydrogen (secondary N) is 2. The molecule has 0 saturated heterocycles. The van der Waals surface area contributed by atoms with E-state index in [1.54, 1.807) is 12.1 Å². The van der Waals surface area contributed by atoms with Crippen LogP contribution in [0.1, 0.15) is 37.3 Å². The maximum Gasteiger partial charge on any atom is 0.191 e. The highest BCUT2D eigenvalue weighted by Gasteiger charge is 2.14. The Morgan fingerprint density at radius 1 is 1.18 bits per heavy atom. The molecule has 3 N–H and O–H groups in total. The highest BCUT2D eigenvalue weighted by Crippen LogP contribution is 2.19. The minimum atomic E-state index is 0.0116. The SMILES string of the molecule is CC(NC(C)c1nn[nH]n1)c1ccc(O)cc1. The van der Waals surface area contributed by atoms with Crippen molar-refractivity contribution < 1.29 is 5.11 Å². The topological polar surface area (TPSA) is 86.7 Å². The van der Waals surface area contributed by atoms with Crippen molar-refractivity contribution in [1.82, 2.24) is 25.9 Å². The number of phenolic OH excluding ortho intramolecular Hbond substituents is 1. The average molecular weight is 233 g/mol. The first-order valence-corrected chi connectivity index (χ1v) is 5.45. The Balaban J connectivity index is 2.01. The lowest BCUT2D eigenvalue weighted by atomic mass is 10.1. The molecule has 0 saturated carbocycles. The molecular formula is C11H15N5O. The van der Waals surface area contributed by atoms with Crippen molar-refractivity contribution in [3.05, 3.63) is 35.7 Å². The molecule has 90 valence electrons. The van der Waals surface area contributed by atoms with Gasteiger partial charge in [0.25, 0.3) is 0 Å². The van der Waals surface area contributed by atoms with Gasteiger partial charge in [0.1, 0.15) is 5.75 Å². The molecule has 6 nitrogen and oxygen atoms in total. The Morgan fingerprint density at radius 2 is 1.88 bits per heavy atom. The van der Waals surface area contributed by atoms with Crippen LogP contribution in [-0.2, 0) is 0 Å². The second kappa shape index (κ2) is 4.92. The van der Waals surface area contributed by atoms with Gasteiger partial charge in [-0.2, -0.15) is 5.21 Å². The molecule has 2 atom stereocenters. The van der Waals surface area contributed by atoms with E-state index in [1.165, 1.54) is 0 Å². The van der Waals surface area contributed by atoms with Crippen LogP contribution in [0.5, 0.6) is 5.75 Å². The van der Waals surface area contributed by atoms with Crippen molar-refractivity contribution >= 4 is 0 Å². The minimum absolute atomic E-state index is 0.0116. The Labute approximate surface area is 99.1 Å². The number of hydrogen-bond donors (Lipinski definition) is 3. The van der Waals surface area contributed by atoms with Gasteiger partial charge in [0, 0.05) is 6.04 Å². The van der Waals surface area contributed by atoms with Gasteiger partial charge in [-0.1, -0.05) is 17.3 Å². The number of rotatable bonds is 4. The molecule has 6 heteroatoms. The van der Waals surface area contributed by atoms with Gasteiger partial charge < -0.3 is 10.4 Å². The van der Waals surface area contributed by atoms with E-state index in [0.717, 1.165) is 5.56 Å². The number of benzene rings is 1. The maximum atomic E-state index is 9.22. The van der Waals surface area contributed by atoms with E-state index in [1.807, 2.05) is 26.0 Å². The maximum absolute atomic E-state index is 9.22. The highest BCUT2D eigenvalue weighted by atomic mass is 16.3. The zero-order valence-corrected chi connectivity index (χ0v) is 9.75. The molecule has 2 rings (SSSR count). The van der Waals surface area contributed by atoms with Gasteiger partial charge in [-0.3, -0.25) is 0 Å². The van der Waals surface area contributed by atoms with E-state index in [9.17, 15) is 5.11 Å². The summed E-state index contributed by atoms with van der Waals surface area (Å²) in [7, 11) is 0. The van der Waals surface area contributed by atoms with Crippen LogP contribution < -0.4 is 5.32 Å². The molecule has 0 aliphatic carbocycles. The molecule has 0 fully saturated rings. The van der Waals surface area contributed by atoms with E-state index < -0.39 is 0 Å². The smallest absolute Gasteiger partial charge is 0.191 e. The Morgan fingerprint density at radius 3 is 2.47 bits per heavy atom. The third kappa shape index (κ3) is 2.79. The monoisotopic (exact) mass is 233 g/mol. The zero-order chi connectivity index (χ0) is 12.3. The molecule has 17 heavy (non-hydrogen) atoms.